The number of hydrogen-bond acceptors (Lipinski definition) is 5. The average molecular weight is 474 g/mol. The molecule has 0 radical (unpaired) electrons. The molecular formula is C27H23NO5S. The summed E-state index contributed by atoms with van der Waals surface area (Å²) >= 11 is 0. The first-order valence-electron chi connectivity index (χ1n) is 10.6. The number of hydrogen-bond donors (Lipinski definition) is 0. The lowest BCUT2D eigenvalue weighted by molar-refractivity contribution is 0.0734. The largest absolute Gasteiger partial charge is 0.497 e. The van der Waals surface area contributed by atoms with Crippen LogP contribution in [0.2, 0.25) is 0 Å². The van der Waals surface area contributed by atoms with E-state index in [4.69, 9.17) is 9.47 Å². The summed E-state index contributed by atoms with van der Waals surface area (Å²) in [5.41, 5.74) is 1.43. The number of rotatable bonds is 8. The van der Waals surface area contributed by atoms with Crippen LogP contribution in [0.4, 0.5) is 5.69 Å². The van der Waals surface area contributed by atoms with Crippen molar-refractivity contribution in [2.75, 3.05) is 11.4 Å². The van der Waals surface area contributed by atoms with Crippen molar-refractivity contribution in [3.8, 4) is 11.5 Å². The van der Waals surface area contributed by atoms with Crippen LogP contribution >= 0.6 is 0 Å². The number of benzene rings is 4. The molecule has 0 unspecified atom stereocenters. The van der Waals surface area contributed by atoms with Gasteiger partial charge < -0.3 is 9.47 Å². The second-order valence-electron chi connectivity index (χ2n) is 7.43. The molecule has 0 atom stereocenters. The Balaban J connectivity index is 1.69. The van der Waals surface area contributed by atoms with Crippen molar-refractivity contribution in [1.29, 1.82) is 0 Å². The van der Waals surface area contributed by atoms with Crippen molar-refractivity contribution in [1.82, 2.24) is 0 Å². The fourth-order valence-electron chi connectivity index (χ4n) is 3.38. The monoisotopic (exact) mass is 473 g/mol. The van der Waals surface area contributed by atoms with E-state index in [1.165, 1.54) is 28.6 Å². The van der Waals surface area contributed by atoms with E-state index in [1.54, 1.807) is 55.6 Å². The van der Waals surface area contributed by atoms with Gasteiger partial charge in [-0.3, -0.25) is 4.31 Å². The Hall–Kier alpha value is -4.10. The highest BCUT2D eigenvalue weighted by atomic mass is 32.2. The quantitative estimate of drug-likeness (QED) is 0.256. The molecule has 0 amide bonds. The fourth-order valence-corrected chi connectivity index (χ4v) is 4.88. The minimum Gasteiger partial charge on any atom is -0.497 e. The summed E-state index contributed by atoms with van der Waals surface area (Å²) in [7, 11) is -2.47. The van der Waals surface area contributed by atoms with Gasteiger partial charge in [-0.15, -0.1) is 0 Å². The van der Waals surface area contributed by atoms with Crippen LogP contribution in [-0.2, 0) is 16.6 Å². The highest BCUT2D eigenvalue weighted by molar-refractivity contribution is 7.92. The maximum Gasteiger partial charge on any atom is 0.343 e. The molecule has 34 heavy (non-hydrogen) atoms. The lowest BCUT2D eigenvalue weighted by Gasteiger charge is -2.25. The van der Waals surface area contributed by atoms with Crippen molar-refractivity contribution in [2.45, 2.75) is 11.4 Å². The van der Waals surface area contributed by atoms with Gasteiger partial charge in [-0.1, -0.05) is 54.6 Å². The summed E-state index contributed by atoms with van der Waals surface area (Å²) in [4.78, 5) is 12.6. The molecule has 6 nitrogen and oxygen atoms in total. The molecule has 0 aliphatic heterocycles. The van der Waals surface area contributed by atoms with E-state index in [2.05, 4.69) is 0 Å². The Morgan fingerprint density at radius 2 is 1.41 bits per heavy atom. The third-order valence-electron chi connectivity index (χ3n) is 5.14. The Morgan fingerprint density at radius 1 is 0.765 bits per heavy atom. The minimum absolute atomic E-state index is 0.0123. The number of carbonyl (C=O) groups excluding carboxylic acids is 1. The first-order valence-corrected chi connectivity index (χ1v) is 12.0. The van der Waals surface area contributed by atoms with Crippen molar-refractivity contribution in [3.63, 3.8) is 0 Å². The average Bonchev–Trinajstić information content (AvgIpc) is 2.88. The van der Waals surface area contributed by atoms with Gasteiger partial charge in [0, 0.05) is 0 Å². The van der Waals surface area contributed by atoms with Crippen LogP contribution in [0.15, 0.2) is 114 Å². The molecule has 0 bridgehead atoms. The van der Waals surface area contributed by atoms with E-state index >= 15 is 0 Å². The van der Waals surface area contributed by atoms with Gasteiger partial charge in [-0.05, 0) is 60.2 Å². The molecule has 4 aromatic rings. The standard InChI is InChI=1S/C27H23NO5S/c1-32-24-17-15-23(16-18-24)28(20-21-9-4-2-5-10-21)34(30,31)26-14-8-11-22(19-26)27(29)33-25-12-6-3-7-13-25/h2-19H,20H2,1H3. The molecule has 0 heterocycles. The summed E-state index contributed by atoms with van der Waals surface area (Å²) in [5, 5.41) is 0. The van der Waals surface area contributed by atoms with Crippen molar-refractivity contribution in [3.05, 3.63) is 120 Å². The fraction of sp³-hybridized carbons (Fsp3) is 0.0741. The van der Waals surface area contributed by atoms with Gasteiger partial charge in [-0.25, -0.2) is 13.2 Å². The predicted molar refractivity (Wildman–Crippen MR) is 131 cm³/mol. The number of carbonyl (C=O) groups is 1. The Bertz CT molecular complexity index is 1360. The molecule has 0 fully saturated rings. The smallest absolute Gasteiger partial charge is 0.343 e. The molecular weight excluding hydrogens is 450 g/mol. The van der Waals surface area contributed by atoms with E-state index in [9.17, 15) is 13.2 Å². The van der Waals surface area contributed by atoms with E-state index in [0.717, 1.165) is 5.56 Å². The molecule has 7 heteroatoms. The van der Waals surface area contributed by atoms with Crippen LogP contribution in [0.25, 0.3) is 0 Å². The Labute approximate surface area is 199 Å². The zero-order chi connectivity index (χ0) is 24.0. The summed E-state index contributed by atoms with van der Waals surface area (Å²) in [6, 6.07) is 30.6. The molecule has 0 saturated carbocycles. The normalized spacial score (nSPS) is 11.0. The maximum atomic E-state index is 13.8. The first-order chi connectivity index (χ1) is 16.5. The zero-order valence-electron chi connectivity index (χ0n) is 18.5. The van der Waals surface area contributed by atoms with Gasteiger partial charge in [0.05, 0.1) is 29.8 Å². The van der Waals surface area contributed by atoms with Gasteiger partial charge >= 0.3 is 5.97 Å². The molecule has 172 valence electrons. The lowest BCUT2D eigenvalue weighted by atomic mass is 10.2. The highest BCUT2D eigenvalue weighted by Gasteiger charge is 2.26. The summed E-state index contributed by atoms with van der Waals surface area (Å²) in [5.74, 6) is 0.360. The van der Waals surface area contributed by atoms with E-state index in [1.807, 2.05) is 36.4 Å². The summed E-state index contributed by atoms with van der Waals surface area (Å²) in [6.45, 7) is 0.119. The van der Waals surface area contributed by atoms with E-state index in [-0.39, 0.29) is 17.0 Å². The molecule has 4 aromatic carbocycles. The van der Waals surface area contributed by atoms with Crippen LogP contribution in [-0.4, -0.2) is 21.5 Å². The van der Waals surface area contributed by atoms with Gasteiger partial charge in [-0.2, -0.15) is 0 Å². The molecule has 0 N–H and O–H groups in total. The second-order valence-corrected chi connectivity index (χ2v) is 9.29. The zero-order valence-corrected chi connectivity index (χ0v) is 19.3. The Morgan fingerprint density at radius 3 is 2.06 bits per heavy atom. The molecule has 0 aromatic heterocycles. The van der Waals surface area contributed by atoms with Crippen LogP contribution in [0.5, 0.6) is 11.5 Å². The van der Waals surface area contributed by atoms with Gasteiger partial charge in [0.15, 0.2) is 0 Å². The molecule has 0 spiro atoms. The third-order valence-corrected chi connectivity index (χ3v) is 6.91. The summed E-state index contributed by atoms with van der Waals surface area (Å²) in [6.07, 6.45) is 0. The molecule has 0 saturated heterocycles. The van der Waals surface area contributed by atoms with Gasteiger partial charge in [0.25, 0.3) is 10.0 Å². The predicted octanol–water partition coefficient (Wildman–Crippen LogP) is 5.31. The van der Waals surface area contributed by atoms with Crippen LogP contribution < -0.4 is 13.8 Å². The molecule has 4 rings (SSSR count). The van der Waals surface area contributed by atoms with E-state index in [0.29, 0.717) is 17.2 Å². The Kier molecular flexibility index (Phi) is 6.94. The molecule has 0 aliphatic carbocycles. The third kappa shape index (κ3) is 5.27. The number of nitrogens with zero attached hydrogens (tertiary/aromatic N) is 1. The van der Waals surface area contributed by atoms with E-state index < -0.39 is 16.0 Å². The lowest BCUT2D eigenvalue weighted by Crippen LogP contribution is -2.30. The second kappa shape index (κ2) is 10.2. The van der Waals surface area contributed by atoms with Crippen LogP contribution in [0.1, 0.15) is 15.9 Å². The van der Waals surface area contributed by atoms with Gasteiger partial charge in [0.1, 0.15) is 11.5 Å². The van der Waals surface area contributed by atoms with Crippen molar-refractivity contribution in [2.24, 2.45) is 0 Å². The topological polar surface area (TPSA) is 72.9 Å². The highest BCUT2D eigenvalue weighted by Crippen LogP contribution is 2.28. The van der Waals surface area contributed by atoms with Crippen LogP contribution in [0, 0.1) is 0 Å². The van der Waals surface area contributed by atoms with Crippen LogP contribution in [0.3, 0.4) is 0 Å². The molecule has 0 aliphatic rings. The maximum absolute atomic E-state index is 13.8. The summed E-state index contributed by atoms with van der Waals surface area (Å²) < 4.78 is 39.4. The number of anilines is 1. The number of ether oxygens (including phenoxy) is 2. The number of methoxy groups -OCH3 is 1. The van der Waals surface area contributed by atoms with Crippen molar-refractivity contribution < 1.29 is 22.7 Å². The number of esters is 1. The number of sulfonamides is 1. The number of para-hydroxylation sites is 1. The van der Waals surface area contributed by atoms with Gasteiger partial charge in [0.2, 0.25) is 0 Å². The first kappa shape index (κ1) is 23.1. The SMILES string of the molecule is COc1ccc(N(Cc2ccccc2)S(=O)(=O)c2cccc(C(=O)Oc3ccccc3)c2)cc1. The minimum atomic E-state index is -4.02. The van der Waals surface area contributed by atoms with Crippen molar-refractivity contribution >= 4 is 21.7 Å².